The number of rotatable bonds is 2. The van der Waals surface area contributed by atoms with Gasteiger partial charge in [0.1, 0.15) is 0 Å². The van der Waals surface area contributed by atoms with Crippen molar-refractivity contribution in [2.45, 2.75) is 45.7 Å². The van der Waals surface area contributed by atoms with Crippen molar-refractivity contribution < 1.29 is 46.5 Å². The molecule has 109 valence electrons. The van der Waals surface area contributed by atoms with E-state index < -0.39 is 8.07 Å². The minimum absolute atomic E-state index is 0. The summed E-state index contributed by atoms with van der Waals surface area (Å²) < 4.78 is 1.62. The van der Waals surface area contributed by atoms with E-state index in [4.69, 9.17) is 0 Å². The van der Waals surface area contributed by atoms with Crippen LogP contribution in [0.2, 0.25) is 13.1 Å². The van der Waals surface area contributed by atoms with E-state index in [-0.39, 0.29) is 51.9 Å². The van der Waals surface area contributed by atoms with E-state index in [0.29, 0.717) is 0 Å². The standard InChI is InChI=1S/C15H21SSi.2ClH.Ti/c1-15(2,3)13-10-11-16-14(13)17(4,5)12-8-6-7-9-12;;;/h6,8,10-11H,7H2,1-5H3;2*1H;/q-1;;;+3/p-2. The van der Waals surface area contributed by atoms with Crippen LogP contribution in [0.25, 0.3) is 0 Å². The maximum Gasteiger partial charge on any atom is 3.00 e. The summed E-state index contributed by atoms with van der Waals surface area (Å²) in [4.78, 5) is 0. The van der Waals surface area contributed by atoms with E-state index in [0.717, 1.165) is 6.42 Å². The van der Waals surface area contributed by atoms with Gasteiger partial charge in [-0.05, 0) is 26.9 Å². The van der Waals surface area contributed by atoms with Crippen LogP contribution in [-0.4, -0.2) is 8.07 Å². The van der Waals surface area contributed by atoms with Crippen LogP contribution in [-0.2, 0) is 27.1 Å². The molecule has 1 aromatic heterocycles. The van der Waals surface area contributed by atoms with Gasteiger partial charge in [-0.2, -0.15) is 17.4 Å². The predicted molar refractivity (Wildman–Crippen MR) is 80.6 cm³/mol. The molecule has 1 aliphatic rings. The van der Waals surface area contributed by atoms with E-state index in [9.17, 15) is 0 Å². The van der Waals surface area contributed by atoms with E-state index in [1.165, 1.54) is 10.8 Å². The molecule has 0 aromatic carbocycles. The number of hydrogen-bond acceptors (Lipinski definition) is 1. The van der Waals surface area contributed by atoms with Crippen LogP contribution >= 0.6 is 11.3 Å². The molecule has 1 radical (unpaired) electrons. The molecule has 1 aliphatic carbocycles. The molecule has 0 unspecified atom stereocenters. The third-order valence-corrected chi connectivity index (χ3v) is 9.12. The first kappa shape index (κ1) is 23.0. The summed E-state index contributed by atoms with van der Waals surface area (Å²) in [6.45, 7) is 11.8. The molecule has 0 nitrogen and oxygen atoms in total. The van der Waals surface area contributed by atoms with Crippen molar-refractivity contribution in [2.75, 3.05) is 0 Å². The Morgan fingerprint density at radius 1 is 1.20 bits per heavy atom. The average Bonchev–Trinajstić information content (AvgIpc) is 2.89. The summed E-state index contributed by atoms with van der Waals surface area (Å²) >= 11 is 1.94. The van der Waals surface area contributed by atoms with Crippen LogP contribution in [0.3, 0.4) is 0 Å². The fourth-order valence-corrected chi connectivity index (χ4v) is 7.35. The molecular formula is C15H21Cl2SSiTi. The summed E-state index contributed by atoms with van der Waals surface area (Å²) in [6, 6.07) is 2.31. The zero-order chi connectivity index (χ0) is 12.7. The molecule has 0 fully saturated rings. The molecular weight excluding hydrogens is 359 g/mol. The number of hydrogen-bond donors (Lipinski definition) is 0. The summed E-state index contributed by atoms with van der Waals surface area (Å²) in [5.74, 6) is 0. The van der Waals surface area contributed by atoms with Gasteiger partial charge in [0.25, 0.3) is 0 Å². The van der Waals surface area contributed by atoms with Crippen molar-refractivity contribution in [1.82, 2.24) is 0 Å². The fourth-order valence-electron chi connectivity index (χ4n) is 2.34. The molecule has 1 heterocycles. The van der Waals surface area contributed by atoms with E-state index in [2.05, 4.69) is 63.5 Å². The third kappa shape index (κ3) is 4.59. The molecule has 5 heteroatoms. The Morgan fingerprint density at radius 2 is 1.80 bits per heavy atom. The monoisotopic (exact) mass is 379 g/mol. The van der Waals surface area contributed by atoms with Crippen molar-refractivity contribution >= 4 is 23.9 Å². The minimum atomic E-state index is -1.51. The Bertz CT molecular complexity index is 484. The molecule has 0 atom stereocenters. The fraction of sp³-hybridized carbons (Fsp3) is 0.467. The summed E-state index contributed by atoms with van der Waals surface area (Å²) in [6.07, 6.45) is 9.06. The Labute approximate surface area is 155 Å². The van der Waals surface area contributed by atoms with Crippen LogP contribution in [0.1, 0.15) is 32.8 Å². The zero-order valence-electron chi connectivity index (χ0n) is 12.7. The normalized spacial score (nSPS) is 13.9. The molecule has 2 rings (SSSR count). The van der Waals surface area contributed by atoms with E-state index in [1.807, 2.05) is 11.3 Å². The number of allylic oxidation sites excluding steroid dienone is 4. The summed E-state index contributed by atoms with van der Waals surface area (Å²) in [5.41, 5.74) is 1.79. The molecule has 20 heavy (non-hydrogen) atoms. The van der Waals surface area contributed by atoms with Gasteiger partial charge in [0.15, 0.2) is 0 Å². The molecule has 0 amide bonds. The molecule has 0 bridgehead atoms. The molecule has 0 N–H and O–H groups in total. The maximum atomic E-state index is 3.54. The van der Waals surface area contributed by atoms with E-state index in [1.54, 1.807) is 4.50 Å². The first-order valence-corrected chi connectivity index (χ1v) is 10.1. The van der Waals surface area contributed by atoms with E-state index >= 15 is 0 Å². The van der Waals surface area contributed by atoms with Crippen LogP contribution in [0.15, 0.2) is 28.8 Å². The predicted octanol–water partition coefficient (Wildman–Crippen LogP) is -1.80. The first-order chi connectivity index (χ1) is 7.83. The topological polar surface area (TPSA) is 0 Å². The van der Waals surface area contributed by atoms with Crippen LogP contribution < -0.4 is 29.3 Å². The van der Waals surface area contributed by atoms with Crippen LogP contribution in [0.4, 0.5) is 0 Å². The van der Waals surface area contributed by atoms with Crippen LogP contribution in [0.5, 0.6) is 0 Å². The average molecular weight is 380 g/mol. The largest absolute Gasteiger partial charge is 3.00 e. The third-order valence-electron chi connectivity index (χ3n) is 3.41. The second-order valence-corrected chi connectivity index (χ2v) is 11.8. The summed E-state index contributed by atoms with van der Waals surface area (Å²) in [5, 5.41) is 3.73. The molecule has 0 aliphatic heterocycles. The zero-order valence-corrected chi connectivity index (χ0v) is 17.6. The smallest absolute Gasteiger partial charge is 1.00 e. The Balaban J connectivity index is 0. The quantitative estimate of drug-likeness (QED) is 0.420. The number of thiophene rings is 1. The van der Waals surface area contributed by atoms with Crippen molar-refractivity contribution in [3.8, 4) is 0 Å². The Morgan fingerprint density at radius 3 is 2.25 bits per heavy atom. The van der Waals surface area contributed by atoms with Gasteiger partial charge >= 0.3 is 21.7 Å². The van der Waals surface area contributed by atoms with Gasteiger partial charge in [-0.1, -0.05) is 33.9 Å². The Kier molecular flexibility index (Phi) is 9.60. The molecule has 1 aromatic rings. The second-order valence-electron chi connectivity index (χ2n) is 6.24. The van der Waals surface area contributed by atoms with Crippen molar-refractivity contribution in [3.63, 3.8) is 0 Å². The molecule has 0 saturated carbocycles. The molecule has 0 saturated heterocycles. The van der Waals surface area contributed by atoms with Gasteiger partial charge in [-0.25, -0.2) is 11.3 Å². The van der Waals surface area contributed by atoms with Gasteiger partial charge in [0.2, 0.25) is 0 Å². The Hall–Kier alpha value is 0.691. The van der Waals surface area contributed by atoms with Gasteiger partial charge < -0.3 is 24.8 Å². The number of halogens is 2. The van der Waals surface area contributed by atoms with Gasteiger partial charge in [-0.3, -0.25) is 6.08 Å². The van der Waals surface area contributed by atoms with Gasteiger partial charge in [0, 0.05) is 0 Å². The van der Waals surface area contributed by atoms with Crippen molar-refractivity contribution in [1.29, 1.82) is 0 Å². The first-order valence-electron chi connectivity index (χ1n) is 6.20. The van der Waals surface area contributed by atoms with Gasteiger partial charge in [-0.15, -0.1) is 6.42 Å². The minimum Gasteiger partial charge on any atom is -1.00 e. The van der Waals surface area contributed by atoms with Gasteiger partial charge in [0.05, 0.1) is 8.07 Å². The SMILES string of the molecule is CC(C)(C)c1ccsc1[Si](C)(C)C1=[C-]CC=C1.[Cl-].[Cl-].[Ti+3]. The van der Waals surface area contributed by atoms with Crippen molar-refractivity contribution in [3.05, 3.63) is 40.4 Å². The molecule has 0 spiro atoms. The van der Waals surface area contributed by atoms with Crippen molar-refractivity contribution in [2.24, 2.45) is 0 Å². The van der Waals surface area contributed by atoms with Crippen LogP contribution in [0, 0.1) is 6.08 Å². The maximum absolute atomic E-state index is 3.54. The summed E-state index contributed by atoms with van der Waals surface area (Å²) in [7, 11) is -1.51. The second kappa shape index (κ2) is 8.36.